The zero-order valence-electron chi connectivity index (χ0n) is 11.6. The molecule has 2 rings (SSSR count). The average molecular weight is 255 g/mol. The van der Waals surface area contributed by atoms with Crippen LogP contribution in [0.2, 0.25) is 0 Å². The lowest BCUT2D eigenvalue weighted by molar-refractivity contribution is 0.533. The molecule has 0 aliphatic heterocycles. The Morgan fingerprint density at radius 2 is 2.11 bits per heavy atom. The molecule has 0 aliphatic rings. The first-order chi connectivity index (χ1) is 9.24. The van der Waals surface area contributed by atoms with E-state index >= 15 is 0 Å². The number of rotatable bonds is 5. The Balaban J connectivity index is 2.25. The molecule has 1 atom stereocenters. The van der Waals surface area contributed by atoms with Crippen LogP contribution in [0.1, 0.15) is 35.3 Å². The number of hydrazine groups is 1. The van der Waals surface area contributed by atoms with Crippen molar-refractivity contribution in [2.24, 2.45) is 5.84 Å². The molecule has 0 fully saturated rings. The van der Waals surface area contributed by atoms with Crippen molar-refractivity contribution >= 4 is 0 Å². The molecule has 1 aromatic carbocycles. The van der Waals surface area contributed by atoms with Gasteiger partial charge in [0, 0.05) is 6.20 Å². The summed E-state index contributed by atoms with van der Waals surface area (Å²) < 4.78 is 0. The van der Waals surface area contributed by atoms with Crippen molar-refractivity contribution in [1.82, 2.24) is 10.4 Å². The number of hydrogen-bond acceptors (Lipinski definition) is 3. The molecule has 0 amide bonds. The van der Waals surface area contributed by atoms with E-state index < -0.39 is 0 Å². The highest BCUT2D eigenvalue weighted by Crippen LogP contribution is 2.20. The molecule has 3 heteroatoms. The minimum absolute atomic E-state index is 0.0537. The number of nitrogens with two attached hydrogens (primary N) is 1. The predicted molar refractivity (Wildman–Crippen MR) is 78.6 cm³/mol. The third-order valence-corrected chi connectivity index (χ3v) is 3.36. The number of pyridine rings is 1. The van der Waals surface area contributed by atoms with E-state index in [9.17, 15) is 0 Å². The third kappa shape index (κ3) is 3.40. The molecular formula is C16H21N3. The first-order valence-electron chi connectivity index (χ1n) is 6.70. The van der Waals surface area contributed by atoms with Crippen molar-refractivity contribution in [2.75, 3.05) is 0 Å². The number of benzene rings is 1. The van der Waals surface area contributed by atoms with Gasteiger partial charge in [0.1, 0.15) is 0 Å². The summed E-state index contributed by atoms with van der Waals surface area (Å²) in [6.45, 7) is 4.24. The zero-order chi connectivity index (χ0) is 13.7. The van der Waals surface area contributed by atoms with Crippen LogP contribution < -0.4 is 11.3 Å². The summed E-state index contributed by atoms with van der Waals surface area (Å²) in [5.41, 5.74) is 7.74. The van der Waals surface area contributed by atoms with E-state index in [4.69, 9.17) is 5.84 Å². The van der Waals surface area contributed by atoms with Gasteiger partial charge in [0.15, 0.2) is 0 Å². The van der Waals surface area contributed by atoms with Crippen LogP contribution in [-0.4, -0.2) is 4.98 Å². The van der Waals surface area contributed by atoms with Crippen LogP contribution in [-0.2, 0) is 12.8 Å². The molecule has 0 spiro atoms. The second kappa shape index (κ2) is 6.45. The highest BCUT2D eigenvalue weighted by molar-refractivity contribution is 5.27. The first-order valence-corrected chi connectivity index (χ1v) is 6.70. The Labute approximate surface area is 114 Å². The van der Waals surface area contributed by atoms with Gasteiger partial charge in [-0.2, -0.15) is 0 Å². The fourth-order valence-corrected chi connectivity index (χ4v) is 2.37. The van der Waals surface area contributed by atoms with Crippen molar-refractivity contribution in [3.63, 3.8) is 0 Å². The van der Waals surface area contributed by atoms with Gasteiger partial charge in [0.05, 0.1) is 11.7 Å². The molecule has 1 aromatic heterocycles. The fourth-order valence-electron chi connectivity index (χ4n) is 2.37. The van der Waals surface area contributed by atoms with Crippen molar-refractivity contribution in [2.45, 2.75) is 32.7 Å². The number of hydrogen-bond donors (Lipinski definition) is 2. The minimum atomic E-state index is 0.0537. The molecule has 0 radical (unpaired) electrons. The molecular weight excluding hydrogens is 234 g/mol. The van der Waals surface area contributed by atoms with Crippen LogP contribution in [0.15, 0.2) is 42.6 Å². The molecule has 3 nitrogen and oxygen atoms in total. The normalized spacial score (nSPS) is 12.4. The van der Waals surface area contributed by atoms with Gasteiger partial charge in [-0.3, -0.25) is 16.3 Å². The van der Waals surface area contributed by atoms with Crippen molar-refractivity contribution in [1.29, 1.82) is 0 Å². The van der Waals surface area contributed by atoms with E-state index in [2.05, 4.69) is 54.6 Å². The zero-order valence-corrected chi connectivity index (χ0v) is 11.6. The van der Waals surface area contributed by atoms with Crippen LogP contribution in [0.3, 0.4) is 0 Å². The molecule has 100 valence electrons. The Morgan fingerprint density at radius 3 is 2.79 bits per heavy atom. The second-order valence-corrected chi connectivity index (χ2v) is 4.81. The van der Waals surface area contributed by atoms with Gasteiger partial charge >= 0.3 is 0 Å². The van der Waals surface area contributed by atoms with Gasteiger partial charge in [-0.1, -0.05) is 42.8 Å². The smallest absolute Gasteiger partial charge is 0.0675 e. The Kier molecular flexibility index (Phi) is 4.66. The van der Waals surface area contributed by atoms with E-state index in [0.29, 0.717) is 0 Å². The topological polar surface area (TPSA) is 50.9 Å². The van der Waals surface area contributed by atoms with Crippen LogP contribution in [0.4, 0.5) is 0 Å². The Morgan fingerprint density at radius 1 is 1.26 bits per heavy atom. The lowest BCUT2D eigenvalue weighted by Gasteiger charge is -2.18. The number of nitrogens with zero attached hydrogens (tertiary/aromatic N) is 1. The van der Waals surface area contributed by atoms with Crippen LogP contribution in [0, 0.1) is 6.92 Å². The van der Waals surface area contributed by atoms with Crippen molar-refractivity contribution in [3.05, 3.63) is 65.0 Å². The standard InChI is InChI=1S/C16H21N3/c1-3-14-8-5-9-18-16(14)15(19-17)11-13-7-4-6-12(2)10-13/h4-10,15,19H,3,11,17H2,1-2H3. The maximum Gasteiger partial charge on any atom is 0.0675 e. The molecule has 3 N–H and O–H groups in total. The summed E-state index contributed by atoms with van der Waals surface area (Å²) in [4.78, 5) is 4.50. The highest BCUT2D eigenvalue weighted by Gasteiger charge is 2.15. The highest BCUT2D eigenvalue weighted by atomic mass is 15.2. The Bertz CT molecular complexity index is 537. The largest absolute Gasteiger partial charge is 0.271 e. The number of nitrogens with one attached hydrogen (secondary N) is 1. The SMILES string of the molecule is CCc1cccnc1C(Cc1cccc(C)c1)NN. The molecule has 0 aliphatic carbocycles. The van der Waals surface area contributed by atoms with Crippen molar-refractivity contribution in [3.8, 4) is 0 Å². The lowest BCUT2D eigenvalue weighted by atomic mass is 9.98. The minimum Gasteiger partial charge on any atom is -0.271 e. The lowest BCUT2D eigenvalue weighted by Crippen LogP contribution is -2.31. The van der Waals surface area contributed by atoms with Crippen molar-refractivity contribution < 1.29 is 0 Å². The molecule has 1 heterocycles. The van der Waals surface area contributed by atoms with Gasteiger partial charge in [-0.15, -0.1) is 0 Å². The molecule has 1 unspecified atom stereocenters. The molecule has 0 saturated heterocycles. The summed E-state index contributed by atoms with van der Waals surface area (Å²) in [5, 5.41) is 0. The molecule has 2 aromatic rings. The molecule has 0 saturated carbocycles. The van der Waals surface area contributed by atoms with E-state index in [1.165, 1.54) is 16.7 Å². The molecule has 0 bridgehead atoms. The third-order valence-electron chi connectivity index (χ3n) is 3.36. The predicted octanol–water partition coefficient (Wildman–Crippen LogP) is 2.70. The summed E-state index contributed by atoms with van der Waals surface area (Å²) in [6, 6.07) is 12.7. The molecule has 19 heavy (non-hydrogen) atoms. The van der Waals surface area contributed by atoms with Gasteiger partial charge in [0.25, 0.3) is 0 Å². The van der Waals surface area contributed by atoms with E-state index in [-0.39, 0.29) is 6.04 Å². The Hall–Kier alpha value is -1.71. The van der Waals surface area contributed by atoms with Gasteiger partial charge in [-0.25, -0.2) is 0 Å². The second-order valence-electron chi connectivity index (χ2n) is 4.81. The number of aryl methyl sites for hydroxylation is 2. The summed E-state index contributed by atoms with van der Waals surface area (Å²) in [5.74, 6) is 5.72. The van der Waals surface area contributed by atoms with E-state index in [0.717, 1.165) is 18.5 Å². The maximum absolute atomic E-state index is 5.72. The first kappa shape index (κ1) is 13.7. The van der Waals surface area contributed by atoms with E-state index in [1.54, 1.807) is 0 Å². The van der Waals surface area contributed by atoms with E-state index in [1.807, 2.05) is 12.3 Å². The number of aromatic nitrogens is 1. The van der Waals surface area contributed by atoms with Crippen LogP contribution in [0.25, 0.3) is 0 Å². The van der Waals surface area contributed by atoms with Gasteiger partial charge in [-0.05, 0) is 37.0 Å². The average Bonchev–Trinajstić information content (AvgIpc) is 2.45. The quantitative estimate of drug-likeness (QED) is 0.638. The fraction of sp³-hybridized carbons (Fsp3) is 0.312. The van der Waals surface area contributed by atoms with Crippen LogP contribution in [0.5, 0.6) is 0 Å². The summed E-state index contributed by atoms with van der Waals surface area (Å²) in [6.07, 6.45) is 3.65. The van der Waals surface area contributed by atoms with Gasteiger partial charge < -0.3 is 0 Å². The maximum atomic E-state index is 5.72. The van der Waals surface area contributed by atoms with Gasteiger partial charge in [0.2, 0.25) is 0 Å². The van der Waals surface area contributed by atoms with Crippen LogP contribution >= 0.6 is 0 Å². The monoisotopic (exact) mass is 255 g/mol. The summed E-state index contributed by atoms with van der Waals surface area (Å²) in [7, 11) is 0. The summed E-state index contributed by atoms with van der Waals surface area (Å²) >= 11 is 0.